The van der Waals surface area contributed by atoms with E-state index in [2.05, 4.69) is 10.6 Å². The van der Waals surface area contributed by atoms with Crippen molar-refractivity contribution >= 4 is 33.2 Å². The number of hydrogen-bond donors (Lipinski definition) is 2. The first-order valence-electron chi connectivity index (χ1n) is 9.91. The van der Waals surface area contributed by atoms with Gasteiger partial charge in [0.25, 0.3) is 11.8 Å². The molecule has 0 radical (unpaired) electrons. The van der Waals surface area contributed by atoms with Crippen LogP contribution in [-0.4, -0.2) is 38.6 Å². The van der Waals surface area contributed by atoms with Crippen molar-refractivity contribution in [3.63, 3.8) is 0 Å². The largest absolute Gasteiger partial charge is 0.322 e. The molecule has 3 rings (SSSR count). The molecule has 0 spiro atoms. The van der Waals surface area contributed by atoms with Crippen molar-refractivity contribution in [1.82, 2.24) is 4.31 Å². The summed E-state index contributed by atoms with van der Waals surface area (Å²) in [4.78, 5) is 25.9. The molecule has 0 heterocycles. The van der Waals surface area contributed by atoms with Gasteiger partial charge in [-0.15, -0.1) is 0 Å². The molecule has 7 nitrogen and oxygen atoms in total. The Balaban J connectivity index is 1.89. The van der Waals surface area contributed by atoms with Crippen LogP contribution < -0.4 is 10.6 Å². The van der Waals surface area contributed by atoms with Crippen LogP contribution in [0.15, 0.2) is 71.6 Å². The highest BCUT2D eigenvalue weighted by atomic mass is 32.2. The molecule has 0 aliphatic heterocycles. The van der Waals surface area contributed by atoms with Crippen LogP contribution >= 0.6 is 0 Å². The average molecular weight is 452 g/mol. The van der Waals surface area contributed by atoms with E-state index in [-0.39, 0.29) is 21.9 Å². The fraction of sp³-hybridized carbons (Fsp3) is 0.167. The first kappa shape index (κ1) is 23.2. The minimum absolute atomic E-state index is 0.0173. The van der Waals surface area contributed by atoms with Crippen molar-refractivity contribution in [2.75, 3.05) is 24.7 Å². The van der Waals surface area contributed by atoms with Crippen molar-refractivity contribution in [2.45, 2.75) is 18.7 Å². The topological polar surface area (TPSA) is 95.6 Å². The summed E-state index contributed by atoms with van der Waals surface area (Å²) < 4.78 is 26.0. The summed E-state index contributed by atoms with van der Waals surface area (Å²) in [5.41, 5.74) is 3.09. The van der Waals surface area contributed by atoms with Gasteiger partial charge in [0.1, 0.15) is 0 Å². The molecule has 0 aliphatic rings. The number of para-hydroxylation sites is 1. The first-order chi connectivity index (χ1) is 15.1. The lowest BCUT2D eigenvalue weighted by Gasteiger charge is -2.15. The van der Waals surface area contributed by atoms with E-state index in [1.165, 1.54) is 26.2 Å². The highest BCUT2D eigenvalue weighted by Gasteiger charge is 2.21. The number of carbonyl (C=O) groups is 2. The van der Waals surface area contributed by atoms with Crippen LogP contribution in [0.5, 0.6) is 0 Å². The number of nitrogens with zero attached hydrogens (tertiary/aromatic N) is 1. The molecule has 0 bridgehead atoms. The lowest BCUT2D eigenvalue weighted by atomic mass is 10.1. The van der Waals surface area contributed by atoms with E-state index in [4.69, 9.17) is 0 Å². The molecule has 3 aromatic rings. The van der Waals surface area contributed by atoms with Crippen LogP contribution in [0.2, 0.25) is 0 Å². The number of benzene rings is 3. The number of hydrogen-bond acceptors (Lipinski definition) is 4. The van der Waals surface area contributed by atoms with E-state index in [1.807, 2.05) is 25.1 Å². The number of aryl methyl sites for hydroxylation is 2. The van der Waals surface area contributed by atoms with E-state index in [1.54, 1.807) is 43.3 Å². The third kappa shape index (κ3) is 5.04. The SMILES string of the molecule is Cc1cccc(NC(=O)c2ccccc2NC(=O)c2cc(S(=O)(=O)N(C)C)ccc2C)c1. The molecule has 3 aromatic carbocycles. The van der Waals surface area contributed by atoms with E-state index >= 15 is 0 Å². The van der Waals surface area contributed by atoms with Crippen LogP contribution in [0.4, 0.5) is 11.4 Å². The fourth-order valence-corrected chi connectivity index (χ4v) is 4.05. The lowest BCUT2D eigenvalue weighted by Crippen LogP contribution is -2.23. The van der Waals surface area contributed by atoms with E-state index in [9.17, 15) is 18.0 Å². The molecule has 2 N–H and O–H groups in total. The smallest absolute Gasteiger partial charge is 0.257 e. The zero-order valence-corrected chi connectivity index (χ0v) is 19.2. The maximum Gasteiger partial charge on any atom is 0.257 e. The van der Waals surface area contributed by atoms with Crippen LogP contribution in [0.25, 0.3) is 0 Å². The summed E-state index contributed by atoms with van der Waals surface area (Å²) in [6.07, 6.45) is 0. The number of anilines is 2. The van der Waals surface area contributed by atoms with Crippen LogP contribution in [0.3, 0.4) is 0 Å². The Labute approximate surface area is 188 Å². The van der Waals surface area contributed by atoms with Crippen LogP contribution in [0, 0.1) is 13.8 Å². The highest BCUT2D eigenvalue weighted by Crippen LogP contribution is 2.22. The fourth-order valence-electron chi connectivity index (χ4n) is 3.12. The van der Waals surface area contributed by atoms with Gasteiger partial charge >= 0.3 is 0 Å². The zero-order chi connectivity index (χ0) is 23.5. The number of nitrogens with one attached hydrogen (secondary N) is 2. The summed E-state index contributed by atoms with van der Waals surface area (Å²) >= 11 is 0. The van der Waals surface area contributed by atoms with Crippen molar-refractivity contribution in [1.29, 1.82) is 0 Å². The van der Waals surface area contributed by atoms with Gasteiger partial charge in [0.05, 0.1) is 16.1 Å². The Morgan fingerprint density at radius 1 is 0.781 bits per heavy atom. The molecule has 0 atom stereocenters. The maximum atomic E-state index is 13.0. The van der Waals surface area contributed by atoms with Gasteiger partial charge in [0, 0.05) is 25.3 Å². The summed E-state index contributed by atoms with van der Waals surface area (Å²) in [5.74, 6) is -0.874. The normalized spacial score (nSPS) is 11.3. The maximum absolute atomic E-state index is 13.0. The Kier molecular flexibility index (Phi) is 6.76. The van der Waals surface area contributed by atoms with Gasteiger partial charge in [-0.2, -0.15) is 0 Å². The monoisotopic (exact) mass is 451 g/mol. The minimum Gasteiger partial charge on any atom is -0.322 e. The number of amides is 2. The number of carbonyl (C=O) groups excluding carboxylic acids is 2. The molecule has 32 heavy (non-hydrogen) atoms. The number of rotatable bonds is 6. The van der Waals surface area contributed by atoms with Crippen LogP contribution in [0.1, 0.15) is 31.8 Å². The minimum atomic E-state index is -3.69. The van der Waals surface area contributed by atoms with Gasteiger partial charge in [-0.3, -0.25) is 9.59 Å². The Hall–Kier alpha value is -3.49. The standard InChI is InChI=1S/C24H25N3O4S/c1-16-8-7-9-18(14-16)25-23(28)20-10-5-6-11-22(20)26-24(29)21-15-19(13-12-17(21)2)32(30,31)27(3)4/h5-15H,1-4H3,(H,25,28)(H,26,29). The van der Waals surface area contributed by atoms with Crippen LogP contribution in [-0.2, 0) is 10.0 Å². The van der Waals surface area contributed by atoms with Gasteiger partial charge in [0.2, 0.25) is 10.0 Å². The van der Waals surface area contributed by atoms with Gasteiger partial charge in [-0.25, -0.2) is 12.7 Å². The predicted octanol–water partition coefficient (Wildman–Crippen LogP) is 4.06. The summed E-state index contributed by atoms with van der Waals surface area (Å²) in [6, 6.07) is 18.4. The van der Waals surface area contributed by atoms with E-state index in [0.717, 1.165) is 9.87 Å². The van der Waals surface area contributed by atoms with Crippen molar-refractivity contribution < 1.29 is 18.0 Å². The molecular weight excluding hydrogens is 426 g/mol. The van der Waals surface area contributed by atoms with Crippen molar-refractivity contribution in [2.24, 2.45) is 0 Å². The Morgan fingerprint density at radius 3 is 2.16 bits per heavy atom. The third-order valence-corrected chi connectivity index (χ3v) is 6.74. The summed E-state index contributed by atoms with van der Waals surface area (Å²) in [5, 5.41) is 5.58. The van der Waals surface area contributed by atoms with Crippen molar-refractivity contribution in [3.05, 3.63) is 89.0 Å². The zero-order valence-electron chi connectivity index (χ0n) is 18.3. The predicted molar refractivity (Wildman–Crippen MR) is 126 cm³/mol. The lowest BCUT2D eigenvalue weighted by molar-refractivity contribution is 0.102. The van der Waals surface area contributed by atoms with Gasteiger partial charge in [-0.1, -0.05) is 30.3 Å². The molecular formula is C24H25N3O4S. The molecule has 2 amide bonds. The third-order valence-electron chi connectivity index (χ3n) is 4.93. The molecule has 0 aromatic heterocycles. The quantitative estimate of drug-likeness (QED) is 0.591. The van der Waals surface area contributed by atoms with Crippen molar-refractivity contribution in [3.8, 4) is 0 Å². The average Bonchev–Trinajstić information content (AvgIpc) is 2.74. The molecule has 0 saturated carbocycles. The molecule has 0 fully saturated rings. The number of sulfonamides is 1. The summed E-state index contributed by atoms with van der Waals surface area (Å²) in [6.45, 7) is 3.65. The Bertz CT molecular complexity index is 1280. The first-order valence-corrected chi connectivity index (χ1v) is 11.3. The van der Waals surface area contributed by atoms with E-state index < -0.39 is 15.9 Å². The second kappa shape index (κ2) is 9.33. The second-order valence-electron chi connectivity index (χ2n) is 7.59. The molecule has 166 valence electrons. The van der Waals surface area contributed by atoms with Gasteiger partial charge < -0.3 is 10.6 Å². The molecule has 8 heteroatoms. The Morgan fingerprint density at radius 2 is 1.47 bits per heavy atom. The molecule has 0 saturated heterocycles. The summed E-state index contributed by atoms with van der Waals surface area (Å²) in [7, 11) is -0.836. The highest BCUT2D eigenvalue weighted by molar-refractivity contribution is 7.89. The molecule has 0 unspecified atom stereocenters. The molecule has 0 aliphatic carbocycles. The second-order valence-corrected chi connectivity index (χ2v) is 9.74. The van der Waals surface area contributed by atoms with Gasteiger partial charge in [-0.05, 0) is 61.4 Å². The van der Waals surface area contributed by atoms with E-state index in [0.29, 0.717) is 16.9 Å². The van der Waals surface area contributed by atoms with Gasteiger partial charge in [0.15, 0.2) is 0 Å².